The fraction of sp³-hybridized carbons (Fsp3) is 0.350. The Kier molecular flexibility index (Phi) is 5.16. The third-order valence-electron chi connectivity index (χ3n) is 4.66. The number of carbonyl (C=O) groups is 1. The van der Waals surface area contributed by atoms with Crippen molar-refractivity contribution in [2.75, 3.05) is 18.4 Å². The molecule has 1 fully saturated rings. The van der Waals surface area contributed by atoms with Gasteiger partial charge < -0.3 is 10.4 Å². The predicted molar refractivity (Wildman–Crippen MR) is 96.1 cm³/mol. The maximum absolute atomic E-state index is 12.5. The van der Waals surface area contributed by atoms with E-state index >= 15 is 0 Å². The second-order valence-corrected chi connectivity index (χ2v) is 6.28. The van der Waals surface area contributed by atoms with E-state index in [-0.39, 0.29) is 17.7 Å². The highest BCUT2D eigenvalue weighted by Crippen LogP contribution is 2.32. The summed E-state index contributed by atoms with van der Waals surface area (Å²) in [6.07, 6.45) is 3.03. The number of hydrogen-bond acceptors (Lipinski definition) is 3. The minimum atomic E-state index is 0.0292. The van der Waals surface area contributed by atoms with E-state index in [1.807, 2.05) is 36.4 Å². The average Bonchev–Trinajstić information content (AvgIpc) is 3.04. The van der Waals surface area contributed by atoms with Gasteiger partial charge in [-0.25, -0.2) is 0 Å². The van der Waals surface area contributed by atoms with Gasteiger partial charge in [0.15, 0.2) is 0 Å². The van der Waals surface area contributed by atoms with Gasteiger partial charge in [0.05, 0.1) is 6.54 Å². The monoisotopic (exact) mass is 324 g/mol. The summed E-state index contributed by atoms with van der Waals surface area (Å²) >= 11 is 0. The van der Waals surface area contributed by atoms with Crippen LogP contribution in [0.1, 0.15) is 36.9 Å². The minimum absolute atomic E-state index is 0.0292. The normalized spacial score (nSPS) is 17.8. The van der Waals surface area contributed by atoms with Crippen LogP contribution in [0, 0.1) is 0 Å². The van der Waals surface area contributed by atoms with E-state index in [2.05, 4.69) is 17.1 Å². The van der Waals surface area contributed by atoms with Crippen molar-refractivity contribution >= 4 is 11.6 Å². The summed E-state index contributed by atoms with van der Waals surface area (Å²) in [5.74, 6) is 0.304. The molecule has 1 aliphatic rings. The first-order valence-electron chi connectivity index (χ1n) is 8.58. The van der Waals surface area contributed by atoms with Crippen molar-refractivity contribution in [3.05, 3.63) is 59.7 Å². The van der Waals surface area contributed by atoms with Crippen LogP contribution in [0.3, 0.4) is 0 Å². The summed E-state index contributed by atoms with van der Waals surface area (Å²) in [5.41, 5.74) is 3.22. The molecule has 2 aromatic carbocycles. The molecule has 0 aromatic heterocycles. The zero-order valence-electron chi connectivity index (χ0n) is 14.0. The van der Waals surface area contributed by atoms with E-state index in [1.165, 1.54) is 0 Å². The topological polar surface area (TPSA) is 52.6 Å². The molecule has 0 bridgehead atoms. The minimum Gasteiger partial charge on any atom is -0.508 e. The number of aryl methyl sites for hydroxylation is 1. The summed E-state index contributed by atoms with van der Waals surface area (Å²) in [5, 5.41) is 12.5. The lowest BCUT2D eigenvalue weighted by Gasteiger charge is -2.24. The molecule has 0 radical (unpaired) electrons. The van der Waals surface area contributed by atoms with E-state index < -0.39 is 0 Å². The van der Waals surface area contributed by atoms with Crippen molar-refractivity contribution in [2.24, 2.45) is 0 Å². The molecule has 1 aliphatic heterocycles. The number of rotatable bonds is 5. The third kappa shape index (κ3) is 3.77. The number of carbonyl (C=O) groups excluding carboxylic acids is 1. The Morgan fingerprint density at radius 2 is 1.96 bits per heavy atom. The van der Waals surface area contributed by atoms with Crippen LogP contribution in [0.4, 0.5) is 5.69 Å². The van der Waals surface area contributed by atoms with Gasteiger partial charge in [-0.15, -0.1) is 0 Å². The van der Waals surface area contributed by atoms with Gasteiger partial charge in [0.2, 0.25) is 5.91 Å². The van der Waals surface area contributed by atoms with Crippen molar-refractivity contribution in [1.82, 2.24) is 4.90 Å². The maximum Gasteiger partial charge on any atom is 0.238 e. The van der Waals surface area contributed by atoms with E-state index in [0.29, 0.717) is 6.54 Å². The van der Waals surface area contributed by atoms with Gasteiger partial charge in [-0.1, -0.05) is 37.3 Å². The molecule has 2 N–H and O–H groups in total. The molecule has 0 saturated carbocycles. The molecule has 0 spiro atoms. The first kappa shape index (κ1) is 16.5. The summed E-state index contributed by atoms with van der Waals surface area (Å²) in [7, 11) is 0. The molecule has 1 amide bonds. The zero-order chi connectivity index (χ0) is 16.9. The van der Waals surface area contributed by atoms with Crippen LogP contribution in [0.2, 0.25) is 0 Å². The van der Waals surface area contributed by atoms with Crippen LogP contribution in [0.15, 0.2) is 48.5 Å². The summed E-state index contributed by atoms with van der Waals surface area (Å²) < 4.78 is 0. The summed E-state index contributed by atoms with van der Waals surface area (Å²) in [6, 6.07) is 15.5. The largest absolute Gasteiger partial charge is 0.508 e. The zero-order valence-corrected chi connectivity index (χ0v) is 14.0. The number of aromatic hydroxyl groups is 1. The molecule has 1 saturated heterocycles. The number of likely N-dealkylation sites (tertiary alicyclic amines) is 1. The fourth-order valence-corrected chi connectivity index (χ4v) is 3.41. The molecule has 1 heterocycles. The molecule has 3 rings (SSSR count). The Morgan fingerprint density at radius 3 is 2.71 bits per heavy atom. The number of nitrogens with zero attached hydrogens (tertiary/aromatic N) is 1. The van der Waals surface area contributed by atoms with Gasteiger partial charge in [-0.2, -0.15) is 0 Å². The van der Waals surface area contributed by atoms with Crippen LogP contribution in [-0.2, 0) is 11.2 Å². The van der Waals surface area contributed by atoms with Gasteiger partial charge >= 0.3 is 0 Å². The summed E-state index contributed by atoms with van der Waals surface area (Å²) in [6.45, 7) is 3.41. The molecule has 24 heavy (non-hydrogen) atoms. The number of amides is 1. The van der Waals surface area contributed by atoms with Crippen LogP contribution in [0.25, 0.3) is 0 Å². The van der Waals surface area contributed by atoms with Crippen molar-refractivity contribution in [3.63, 3.8) is 0 Å². The first-order chi connectivity index (χ1) is 11.7. The lowest BCUT2D eigenvalue weighted by molar-refractivity contribution is -0.117. The molecule has 1 unspecified atom stereocenters. The van der Waals surface area contributed by atoms with Crippen molar-refractivity contribution < 1.29 is 9.90 Å². The van der Waals surface area contributed by atoms with Gasteiger partial charge in [0.1, 0.15) is 5.75 Å². The van der Waals surface area contributed by atoms with E-state index in [1.54, 1.807) is 12.1 Å². The Morgan fingerprint density at radius 1 is 1.21 bits per heavy atom. The SMILES string of the molecule is CCc1ccccc1NC(=O)CN1CCCC1c1ccc(O)cc1. The standard InChI is InChI=1S/C20H24N2O2/c1-2-15-6-3-4-7-18(15)21-20(24)14-22-13-5-8-19(22)16-9-11-17(23)12-10-16/h3-4,6-7,9-12,19,23H,2,5,8,13-14H2,1H3,(H,21,24). The van der Waals surface area contributed by atoms with E-state index in [9.17, 15) is 9.90 Å². The number of nitrogens with one attached hydrogen (secondary N) is 1. The van der Waals surface area contributed by atoms with Gasteiger partial charge in [0.25, 0.3) is 0 Å². The predicted octanol–water partition coefficient (Wildman–Crippen LogP) is 3.73. The fourth-order valence-electron chi connectivity index (χ4n) is 3.41. The number of benzene rings is 2. The Balaban J connectivity index is 1.66. The number of phenols is 1. The first-order valence-corrected chi connectivity index (χ1v) is 8.58. The number of hydrogen-bond donors (Lipinski definition) is 2. The molecule has 2 aromatic rings. The molecular formula is C20H24N2O2. The average molecular weight is 324 g/mol. The highest BCUT2D eigenvalue weighted by molar-refractivity contribution is 5.93. The molecule has 1 atom stereocenters. The third-order valence-corrected chi connectivity index (χ3v) is 4.66. The van der Waals surface area contributed by atoms with Crippen LogP contribution >= 0.6 is 0 Å². The van der Waals surface area contributed by atoms with Gasteiger partial charge in [0, 0.05) is 11.7 Å². The molecule has 0 aliphatic carbocycles. The van der Waals surface area contributed by atoms with Gasteiger partial charge in [-0.3, -0.25) is 9.69 Å². The highest BCUT2D eigenvalue weighted by atomic mass is 16.3. The molecule has 4 nitrogen and oxygen atoms in total. The van der Waals surface area contributed by atoms with Crippen molar-refractivity contribution in [3.8, 4) is 5.75 Å². The second kappa shape index (κ2) is 7.49. The van der Waals surface area contributed by atoms with Crippen molar-refractivity contribution in [2.45, 2.75) is 32.2 Å². The van der Waals surface area contributed by atoms with Crippen LogP contribution < -0.4 is 5.32 Å². The smallest absolute Gasteiger partial charge is 0.238 e. The number of para-hydroxylation sites is 1. The van der Waals surface area contributed by atoms with Crippen molar-refractivity contribution in [1.29, 1.82) is 0 Å². The second-order valence-electron chi connectivity index (χ2n) is 6.28. The number of phenolic OH excluding ortho intramolecular Hbond substituents is 1. The van der Waals surface area contributed by atoms with E-state index in [4.69, 9.17) is 0 Å². The van der Waals surface area contributed by atoms with Crippen LogP contribution in [0.5, 0.6) is 5.75 Å². The lowest BCUT2D eigenvalue weighted by Crippen LogP contribution is -2.33. The highest BCUT2D eigenvalue weighted by Gasteiger charge is 2.27. The molecule has 4 heteroatoms. The Hall–Kier alpha value is -2.33. The molecular weight excluding hydrogens is 300 g/mol. The quantitative estimate of drug-likeness (QED) is 0.881. The number of anilines is 1. The Bertz CT molecular complexity index is 697. The van der Waals surface area contributed by atoms with Crippen LogP contribution in [-0.4, -0.2) is 29.0 Å². The lowest BCUT2D eigenvalue weighted by atomic mass is 10.0. The molecule has 126 valence electrons. The Labute approximate surface area is 143 Å². The summed E-state index contributed by atoms with van der Waals surface area (Å²) in [4.78, 5) is 14.7. The van der Waals surface area contributed by atoms with Gasteiger partial charge in [-0.05, 0) is 55.1 Å². The van der Waals surface area contributed by atoms with E-state index in [0.717, 1.165) is 42.6 Å². The maximum atomic E-state index is 12.5.